The zero-order valence-electron chi connectivity index (χ0n) is 9.38. The number of thiazole rings is 1. The first-order valence-corrected chi connectivity index (χ1v) is 5.88. The molecule has 92 valence electrons. The van der Waals surface area contributed by atoms with Gasteiger partial charge in [0, 0.05) is 11.1 Å². The number of nitrogens with zero attached hydrogens (tertiary/aromatic N) is 2. The van der Waals surface area contributed by atoms with E-state index in [4.69, 9.17) is 5.11 Å². The lowest BCUT2D eigenvalue weighted by Gasteiger charge is -2.02. The Morgan fingerprint density at radius 3 is 2.72 bits per heavy atom. The van der Waals surface area contributed by atoms with Crippen LogP contribution in [0.4, 0.5) is 5.82 Å². The first-order chi connectivity index (χ1) is 8.56. The highest BCUT2D eigenvalue weighted by molar-refractivity contribution is 7.12. The number of carboxylic acid groups (broad SMARTS) is 1. The molecule has 0 saturated carbocycles. The van der Waals surface area contributed by atoms with Gasteiger partial charge in [-0.15, -0.1) is 11.3 Å². The van der Waals surface area contributed by atoms with Crippen molar-refractivity contribution in [1.29, 1.82) is 0 Å². The van der Waals surface area contributed by atoms with Crippen LogP contribution in [-0.2, 0) is 0 Å². The molecule has 0 radical (unpaired) electrons. The summed E-state index contributed by atoms with van der Waals surface area (Å²) in [5.41, 5.74) is 0.639. The van der Waals surface area contributed by atoms with Crippen LogP contribution in [0.15, 0.2) is 23.6 Å². The van der Waals surface area contributed by atoms with Crippen LogP contribution in [0.5, 0.6) is 0 Å². The van der Waals surface area contributed by atoms with Crippen LogP contribution < -0.4 is 5.32 Å². The molecule has 0 spiro atoms. The van der Waals surface area contributed by atoms with Gasteiger partial charge in [-0.1, -0.05) is 6.07 Å². The molecule has 2 heterocycles. The lowest BCUT2D eigenvalue weighted by molar-refractivity contribution is 0.0691. The van der Waals surface area contributed by atoms with E-state index in [0.717, 1.165) is 17.0 Å². The molecule has 7 heteroatoms. The van der Waals surface area contributed by atoms with Crippen molar-refractivity contribution in [3.63, 3.8) is 0 Å². The normalized spacial score (nSPS) is 10.1. The van der Waals surface area contributed by atoms with Gasteiger partial charge < -0.3 is 10.4 Å². The second kappa shape index (κ2) is 4.92. The number of amides is 1. The highest BCUT2D eigenvalue weighted by Crippen LogP contribution is 2.12. The SMILES string of the molecule is Cc1cccc(NC(=O)c2nc(C(=O)O)cs2)n1. The Morgan fingerprint density at radius 2 is 2.11 bits per heavy atom. The first kappa shape index (κ1) is 12.2. The second-order valence-electron chi connectivity index (χ2n) is 3.46. The molecule has 2 rings (SSSR count). The summed E-state index contributed by atoms with van der Waals surface area (Å²) in [5, 5.41) is 12.7. The number of nitrogens with one attached hydrogen (secondary N) is 1. The topological polar surface area (TPSA) is 92.2 Å². The molecule has 0 aliphatic carbocycles. The van der Waals surface area contributed by atoms with Crippen molar-refractivity contribution in [1.82, 2.24) is 9.97 Å². The lowest BCUT2D eigenvalue weighted by atomic mass is 10.4. The number of rotatable bonds is 3. The van der Waals surface area contributed by atoms with Crippen molar-refractivity contribution in [2.75, 3.05) is 5.32 Å². The van der Waals surface area contributed by atoms with E-state index in [1.54, 1.807) is 12.1 Å². The van der Waals surface area contributed by atoms with Crippen molar-refractivity contribution in [2.24, 2.45) is 0 Å². The maximum Gasteiger partial charge on any atom is 0.355 e. The fourth-order valence-corrected chi connectivity index (χ4v) is 1.94. The second-order valence-corrected chi connectivity index (χ2v) is 4.32. The number of aromatic nitrogens is 2. The molecule has 0 saturated heterocycles. The Labute approximate surface area is 106 Å². The fourth-order valence-electron chi connectivity index (χ4n) is 1.26. The van der Waals surface area contributed by atoms with E-state index in [0.29, 0.717) is 5.82 Å². The van der Waals surface area contributed by atoms with Crippen molar-refractivity contribution < 1.29 is 14.7 Å². The van der Waals surface area contributed by atoms with Gasteiger partial charge in [-0.2, -0.15) is 0 Å². The Morgan fingerprint density at radius 1 is 1.33 bits per heavy atom. The summed E-state index contributed by atoms with van der Waals surface area (Å²) >= 11 is 0.978. The van der Waals surface area contributed by atoms with Gasteiger partial charge in [0.1, 0.15) is 5.82 Å². The monoisotopic (exact) mass is 263 g/mol. The highest BCUT2D eigenvalue weighted by Gasteiger charge is 2.15. The largest absolute Gasteiger partial charge is 0.476 e. The van der Waals surface area contributed by atoms with Crippen LogP contribution in [0.1, 0.15) is 26.0 Å². The minimum Gasteiger partial charge on any atom is -0.476 e. The van der Waals surface area contributed by atoms with Gasteiger partial charge in [0.2, 0.25) is 0 Å². The van der Waals surface area contributed by atoms with Crippen LogP contribution in [0.3, 0.4) is 0 Å². The van der Waals surface area contributed by atoms with Gasteiger partial charge in [0.05, 0.1) is 0 Å². The number of aromatic carboxylic acids is 1. The van der Waals surface area contributed by atoms with Crippen LogP contribution in [0.2, 0.25) is 0 Å². The summed E-state index contributed by atoms with van der Waals surface area (Å²) in [6, 6.07) is 5.22. The number of anilines is 1. The van der Waals surface area contributed by atoms with E-state index in [1.165, 1.54) is 5.38 Å². The molecular weight excluding hydrogens is 254 g/mol. The number of hydrogen-bond acceptors (Lipinski definition) is 5. The molecule has 1 amide bonds. The average Bonchev–Trinajstić information content (AvgIpc) is 2.78. The average molecular weight is 263 g/mol. The van der Waals surface area contributed by atoms with Crippen LogP contribution in [-0.4, -0.2) is 27.0 Å². The molecule has 18 heavy (non-hydrogen) atoms. The lowest BCUT2D eigenvalue weighted by Crippen LogP contribution is -2.13. The Hall–Kier alpha value is -2.28. The van der Waals surface area contributed by atoms with Crippen molar-refractivity contribution in [3.05, 3.63) is 40.0 Å². The summed E-state index contributed by atoms with van der Waals surface area (Å²) in [4.78, 5) is 30.2. The maximum atomic E-state index is 11.8. The van der Waals surface area contributed by atoms with E-state index in [9.17, 15) is 9.59 Å². The Bertz CT molecular complexity index is 609. The van der Waals surface area contributed by atoms with Crippen LogP contribution in [0, 0.1) is 6.92 Å². The van der Waals surface area contributed by atoms with E-state index in [1.807, 2.05) is 13.0 Å². The molecule has 2 aromatic rings. The summed E-state index contributed by atoms with van der Waals surface area (Å²) in [6.07, 6.45) is 0. The number of carboxylic acids is 1. The molecule has 6 nitrogen and oxygen atoms in total. The minimum atomic E-state index is -1.15. The van der Waals surface area contributed by atoms with Gasteiger partial charge in [0.25, 0.3) is 5.91 Å². The van der Waals surface area contributed by atoms with Crippen molar-refractivity contribution in [2.45, 2.75) is 6.92 Å². The number of pyridine rings is 1. The summed E-state index contributed by atoms with van der Waals surface area (Å²) in [5.74, 6) is -1.21. The molecule has 0 aromatic carbocycles. The van der Waals surface area contributed by atoms with E-state index >= 15 is 0 Å². The van der Waals surface area contributed by atoms with Crippen molar-refractivity contribution >= 4 is 29.0 Å². The molecule has 2 aromatic heterocycles. The minimum absolute atomic E-state index is 0.0932. The summed E-state index contributed by atoms with van der Waals surface area (Å²) < 4.78 is 0. The first-order valence-electron chi connectivity index (χ1n) is 5.00. The molecule has 0 aliphatic rings. The summed E-state index contributed by atoms with van der Waals surface area (Å²) in [7, 11) is 0. The third-order valence-electron chi connectivity index (χ3n) is 2.05. The molecule has 0 fully saturated rings. The van der Waals surface area contributed by atoms with Crippen molar-refractivity contribution in [3.8, 4) is 0 Å². The standard InChI is InChI=1S/C11H9N3O3S/c1-6-3-2-4-8(12-6)14-9(15)10-13-7(5-18-10)11(16)17/h2-5H,1H3,(H,16,17)(H,12,14,15). The van der Waals surface area contributed by atoms with Gasteiger partial charge in [0.15, 0.2) is 10.7 Å². The zero-order valence-corrected chi connectivity index (χ0v) is 10.2. The molecule has 0 bridgehead atoms. The fraction of sp³-hybridized carbons (Fsp3) is 0.0909. The van der Waals surface area contributed by atoms with E-state index in [-0.39, 0.29) is 10.7 Å². The van der Waals surface area contributed by atoms with Crippen LogP contribution >= 0.6 is 11.3 Å². The summed E-state index contributed by atoms with van der Waals surface area (Å²) in [6.45, 7) is 1.81. The Balaban J connectivity index is 2.14. The van der Waals surface area contributed by atoms with E-state index < -0.39 is 11.9 Å². The number of hydrogen-bond donors (Lipinski definition) is 2. The van der Waals surface area contributed by atoms with Gasteiger partial charge in [-0.3, -0.25) is 4.79 Å². The quantitative estimate of drug-likeness (QED) is 0.880. The number of carbonyl (C=O) groups excluding carboxylic acids is 1. The third kappa shape index (κ3) is 2.69. The Kier molecular flexibility index (Phi) is 3.33. The predicted molar refractivity (Wildman–Crippen MR) is 66.0 cm³/mol. The highest BCUT2D eigenvalue weighted by atomic mass is 32.1. The zero-order chi connectivity index (χ0) is 13.1. The smallest absolute Gasteiger partial charge is 0.355 e. The molecule has 2 N–H and O–H groups in total. The molecule has 0 unspecified atom stereocenters. The third-order valence-corrected chi connectivity index (χ3v) is 2.89. The van der Waals surface area contributed by atoms with Crippen LogP contribution in [0.25, 0.3) is 0 Å². The number of carbonyl (C=O) groups is 2. The molecule has 0 aliphatic heterocycles. The van der Waals surface area contributed by atoms with Gasteiger partial charge in [-0.25, -0.2) is 14.8 Å². The van der Waals surface area contributed by atoms with Gasteiger partial charge in [-0.05, 0) is 19.1 Å². The number of aryl methyl sites for hydroxylation is 1. The maximum absolute atomic E-state index is 11.8. The van der Waals surface area contributed by atoms with Gasteiger partial charge >= 0.3 is 5.97 Å². The molecular formula is C11H9N3O3S. The molecule has 0 atom stereocenters. The predicted octanol–water partition coefficient (Wildman–Crippen LogP) is 1.80. The van der Waals surface area contributed by atoms with E-state index in [2.05, 4.69) is 15.3 Å².